The van der Waals surface area contributed by atoms with Gasteiger partial charge >= 0.3 is 0 Å². The van der Waals surface area contributed by atoms with E-state index < -0.39 is 0 Å². The standard InChI is InChI=1S/C9H20N2O2/c1-8(12)9(11(2)3)6-4-5-7-10-13/h9-10,13H,4-7H2,1-3H3/t9-/m0/s1. The molecule has 0 heterocycles. The number of nitrogens with one attached hydrogen (secondary N) is 1. The van der Waals surface area contributed by atoms with E-state index in [-0.39, 0.29) is 11.8 Å². The van der Waals surface area contributed by atoms with E-state index in [0.29, 0.717) is 6.54 Å². The zero-order chi connectivity index (χ0) is 10.3. The number of hydroxylamine groups is 1. The maximum absolute atomic E-state index is 11.1. The third kappa shape index (κ3) is 5.74. The van der Waals surface area contributed by atoms with E-state index in [4.69, 9.17) is 5.21 Å². The van der Waals surface area contributed by atoms with Crippen LogP contribution in [0.25, 0.3) is 0 Å². The van der Waals surface area contributed by atoms with E-state index in [2.05, 4.69) is 5.48 Å². The van der Waals surface area contributed by atoms with Crippen LogP contribution in [-0.4, -0.2) is 42.6 Å². The molecule has 0 aromatic rings. The van der Waals surface area contributed by atoms with Crippen LogP contribution in [0, 0.1) is 0 Å². The highest BCUT2D eigenvalue weighted by atomic mass is 16.5. The first-order valence-corrected chi connectivity index (χ1v) is 4.63. The fraction of sp³-hybridized carbons (Fsp3) is 0.889. The Bertz CT molecular complexity index is 149. The molecule has 1 atom stereocenters. The highest BCUT2D eigenvalue weighted by molar-refractivity contribution is 5.81. The number of nitrogens with zero attached hydrogens (tertiary/aromatic N) is 1. The largest absolute Gasteiger partial charge is 0.317 e. The molecule has 0 fully saturated rings. The molecule has 0 aliphatic rings. The molecule has 0 bridgehead atoms. The monoisotopic (exact) mass is 188 g/mol. The highest BCUT2D eigenvalue weighted by Gasteiger charge is 2.15. The first-order valence-electron chi connectivity index (χ1n) is 4.63. The van der Waals surface area contributed by atoms with Crippen molar-refractivity contribution in [3.05, 3.63) is 0 Å². The van der Waals surface area contributed by atoms with Crippen LogP contribution in [0.4, 0.5) is 0 Å². The maximum Gasteiger partial charge on any atom is 0.146 e. The number of hydrogen-bond acceptors (Lipinski definition) is 4. The van der Waals surface area contributed by atoms with Crippen molar-refractivity contribution in [3.63, 3.8) is 0 Å². The van der Waals surface area contributed by atoms with E-state index in [1.54, 1.807) is 6.92 Å². The minimum Gasteiger partial charge on any atom is -0.317 e. The zero-order valence-corrected chi connectivity index (χ0v) is 8.71. The predicted molar refractivity (Wildman–Crippen MR) is 51.8 cm³/mol. The minimum atomic E-state index is 0.0266. The molecule has 0 aromatic heterocycles. The van der Waals surface area contributed by atoms with Gasteiger partial charge in [0.05, 0.1) is 6.04 Å². The quantitative estimate of drug-likeness (QED) is 0.455. The number of hydrogen-bond donors (Lipinski definition) is 2. The summed E-state index contributed by atoms with van der Waals surface area (Å²) in [6, 6.07) is 0.0266. The molecule has 0 amide bonds. The second-order valence-corrected chi connectivity index (χ2v) is 3.49. The van der Waals surface area contributed by atoms with Crippen LogP contribution in [-0.2, 0) is 4.79 Å². The predicted octanol–water partition coefficient (Wildman–Crippen LogP) is 0.655. The van der Waals surface area contributed by atoms with Crippen LogP contribution in [0.5, 0.6) is 0 Å². The molecule has 13 heavy (non-hydrogen) atoms. The Morgan fingerprint density at radius 2 is 2.08 bits per heavy atom. The Morgan fingerprint density at radius 1 is 1.46 bits per heavy atom. The Kier molecular flexibility index (Phi) is 6.76. The molecule has 0 aliphatic heterocycles. The first-order chi connectivity index (χ1) is 6.09. The van der Waals surface area contributed by atoms with E-state index >= 15 is 0 Å². The molecule has 0 rings (SSSR count). The van der Waals surface area contributed by atoms with E-state index in [9.17, 15) is 4.79 Å². The average molecular weight is 188 g/mol. The molecule has 0 aliphatic carbocycles. The molecular formula is C9H20N2O2. The molecule has 4 nitrogen and oxygen atoms in total. The van der Waals surface area contributed by atoms with Crippen molar-refractivity contribution in [3.8, 4) is 0 Å². The lowest BCUT2D eigenvalue weighted by molar-refractivity contribution is -0.121. The zero-order valence-electron chi connectivity index (χ0n) is 8.71. The van der Waals surface area contributed by atoms with Gasteiger partial charge in [0.15, 0.2) is 0 Å². The summed E-state index contributed by atoms with van der Waals surface area (Å²) in [4.78, 5) is 13.1. The molecule has 4 heteroatoms. The van der Waals surface area contributed by atoms with Crippen molar-refractivity contribution in [1.82, 2.24) is 10.4 Å². The van der Waals surface area contributed by atoms with Gasteiger partial charge in [-0.1, -0.05) is 6.42 Å². The van der Waals surface area contributed by atoms with Crippen molar-refractivity contribution < 1.29 is 10.0 Å². The lowest BCUT2D eigenvalue weighted by atomic mass is 10.1. The van der Waals surface area contributed by atoms with Crippen LogP contribution in [0.15, 0.2) is 0 Å². The maximum atomic E-state index is 11.1. The van der Waals surface area contributed by atoms with Gasteiger partial charge < -0.3 is 5.21 Å². The van der Waals surface area contributed by atoms with Gasteiger partial charge in [0.25, 0.3) is 0 Å². The lowest BCUT2D eigenvalue weighted by Gasteiger charge is -2.21. The number of Topliss-reactive ketones (excluding diaryl/α,β-unsaturated/α-hetero) is 1. The van der Waals surface area contributed by atoms with Crippen LogP contribution in [0.3, 0.4) is 0 Å². The van der Waals surface area contributed by atoms with Crippen molar-refractivity contribution in [2.45, 2.75) is 32.2 Å². The summed E-state index contributed by atoms with van der Waals surface area (Å²) in [5.41, 5.74) is 2.10. The molecule has 78 valence electrons. The van der Waals surface area contributed by atoms with Crippen molar-refractivity contribution >= 4 is 5.78 Å². The van der Waals surface area contributed by atoms with Crippen molar-refractivity contribution in [2.75, 3.05) is 20.6 Å². The molecule has 0 saturated carbocycles. The molecule has 0 saturated heterocycles. The summed E-state index contributed by atoms with van der Waals surface area (Å²) in [6.07, 6.45) is 2.72. The summed E-state index contributed by atoms with van der Waals surface area (Å²) in [5.74, 6) is 0.210. The topological polar surface area (TPSA) is 52.6 Å². The van der Waals surface area contributed by atoms with E-state index in [0.717, 1.165) is 19.3 Å². The molecule has 0 aromatic carbocycles. The second kappa shape index (κ2) is 7.00. The Hall–Kier alpha value is -0.450. The normalized spacial score (nSPS) is 13.3. The smallest absolute Gasteiger partial charge is 0.146 e. The third-order valence-corrected chi connectivity index (χ3v) is 2.11. The van der Waals surface area contributed by atoms with E-state index in [1.807, 2.05) is 19.0 Å². The van der Waals surface area contributed by atoms with Gasteiger partial charge in [0.1, 0.15) is 5.78 Å². The summed E-state index contributed by atoms with van der Waals surface area (Å²) in [5, 5.41) is 8.32. The van der Waals surface area contributed by atoms with Crippen molar-refractivity contribution in [1.29, 1.82) is 0 Å². The van der Waals surface area contributed by atoms with Gasteiger partial charge in [-0.25, -0.2) is 5.48 Å². The Balaban J connectivity index is 3.64. The van der Waals surface area contributed by atoms with Gasteiger partial charge in [-0.15, -0.1) is 0 Å². The van der Waals surface area contributed by atoms with Gasteiger partial charge in [0.2, 0.25) is 0 Å². The number of likely N-dealkylation sites (N-methyl/N-ethyl adjacent to an activating group) is 1. The number of unbranched alkanes of at least 4 members (excludes halogenated alkanes) is 1. The number of rotatable bonds is 7. The lowest BCUT2D eigenvalue weighted by Crippen LogP contribution is -2.34. The van der Waals surface area contributed by atoms with Gasteiger partial charge in [-0.2, -0.15) is 0 Å². The van der Waals surface area contributed by atoms with Gasteiger partial charge in [0, 0.05) is 6.54 Å². The number of ketones is 1. The average Bonchev–Trinajstić information content (AvgIpc) is 2.02. The second-order valence-electron chi connectivity index (χ2n) is 3.49. The fourth-order valence-corrected chi connectivity index (χ4v) is 1.37. The fourth-order valence-electron chi connectivity index (χ4n) is 1.37. The molecule has 2 N–H and O–H groups in total. The van der Waals surface area contributed by atoms with Crippen LogP contribution >= 0.6 is 0 Å². The van der Waals surface area contributed by atoms with E-state index in [1.165, 1.54) is 0 Å². The summed E-state index contributed by atoms with van der Waals surface area (Å²) in [6.45, 7) is 2.22. The molecular weight excluding hydrogens is 168 g/mol. The van der Waals surface area contributed by atoms with Crippen LogP contribution in [0.1, 0.15) is 26.2 Å². The first kappa shape index (κ1) is 12.6. The summed E-state index contributed by atoms with van der Waals surface area (Å²) >= 11 is 0. The van der Waals surface area contributed by atoms with Gasteiger partial charge in [-0.05, 0) is 33.9 Å². The SMILES string of the molecule is CC(=O)[C@H](CCCCNO)N(C)C. The number of carbonyl (C=O) groups is 1. The molecule has 0 radical (unpaired) electrons. The molecule has 0 unspecified atom stereocenters. The molecule has 0 spiro atoms. The van der Waals surface area contributed by atoms with Crippen molar-refractivity contribution in [2.24, 2.45) is 0 Å². The Labute approximate surface area is 79.9 Å². The summed E-state index contributed by atoms with van der Waals surface area (Å²) < 4.78 is 0. The van der Waals surface area contributed by atoms with Crippen LogP contribution < -0.4 is 5.48 Å². The van der Waals surface area contributed by atoms with Gasteiger partial charge in [-0.3, -0.25) is 9.69 Å². The van der Waals surface area contributed by atoms with Crippen LogP contribution in [0.2, 0.25) is 0 Å². The number of carbonyl (C=O) groups excluding carboxylic acids is 1. The third-order valence-electron chi connectivity index (χ3n) is 2.11. The summed E-state index contributed by atoms with van der Waals surface area (Å²) in [7, 11) is 3.83. The highest BCUT2D eigenvalue weighted by Crippen LogP contribution is 2.06. The Morgan fingerprint density at radius 3 is 2.46 bits per heavy atom. The minimum absolute atomic E-state index is 0.0266.